The smallest absolute Gasteiger partial charge is 0.114 e. The van der Waals surface area contributed by atoms with Gasteiger partial charge in [0.05, 0.1) is 19.3 Å². The average molecular weight is 215 g/mol. The van der Waals surface area contributed by atoms with Gasteiger partial charge in [-0.3, -0.25) is 0 Å². The Bertz CT molecular complexity index is 226. The van der Waals surface area contributed by atoms with Crippen LogP contribution in [-0.2, 0) is 14.2 Å². The Morgan fingerprint density at radius 1 is 1.13 bits per heavy atom. The highest BCUT2D eigenvalue weighted by molar-refractivity contribution is 4.99. The average Bonchev–Trinajstić information content (AvgIpc) is 2.65. The third-order valence-electron chi connectivity index (χ3n) is 2.93. The normalized spacial score (nSPS) is 40.8. The highest BCUT2D eigenvalue weighted by atomic mass is 16.6. The van der Waals surface area contributed by atoms with Crippen molar-refractivity contribution in [3.8, 4) is 0 Å². The van der Waals surface area contributed by atoms with Gasteiger partial charge >= 0.3 is 0 Å². The molecule has 0 bridgehead atoms. The van der Waals surface area contributed by atoms with Gasteiger partial charge in [0, 0.05) is 12.6 Å². The summed E-state index contributed by atoms with van der Waals surface area (Å²) >= 11 is 0. The number of methoxy groups -OCH3 is 1. The highest BCUT2D eigenvalue weighted by Crippen LogP contribution is 2.29. The van der Waals surface area contributed by atoms with Crippen molar-refractivity contribution in [3.63, 3.8) is 0 Å². The molecule has 0 spiro atoms. The predicted octanol–water partition coefficient (Wildman–Crippen LogP) is 0.556. The molecule has 0 aromatic heterocycles. The molecule has 4 nitrogen and oxygen atoms in total. The van der Waals surface area contributed by atoms with Crippen LogP contribution in [0.1, 0.15) is 20.8 Å². The van der Waals surface area contributed by atoms with Crippen LogP contribution >= 0.6 is 0 Å². The molecule has 2 aliphatic rings. The van der Waals surface area contributed by atoms with Crippen LogP contribution < -0.4 is 5.32 Å². The number of hydrogen-bond acceptors (Lipinski definition) is 4. The van der Waals surface area contributed by atoms with Crippen LogP contribution in [0.15, 0.2) is 0 Å². The number of fused-ring (bicyclic) bond motifs is 1. The van der Waals surface area contributed by atoms with E-state index in [1.807, 2.05) is 0 Å². The maximum Gasteiger partial charge on any atom is 0.114 e. The maximum atomic E-state index is 5.73. The largest absolute Gasteiger partial charge is 0.376 e. The molecule has 4 heteroatoms. The molecule has 0 aromatic rings. The fraction of sp³-hybridized carbons (Fsp3) is 1.00. The van der Waals surface area contributed by atoms with E-state index in [1.165, 1.54) is 0 Å². The van der Waals surface area contributed by atoms with Crippen molar-refractivity contribution in [1.29, 1.82) is 0 Å². The maximum absolute atomic E-state index is 5.73. The van der Waals surface area contributed by atoms with E-state index in [0.717, 1.165) is 0 Å². The summed E-state index contributed by atoms with van der Waals surface area (Å²) in [6.45, 7) is 7.83. The lowest BCUT2D eigenvalue weighted by atomic mass is 10.0. The van der Waals surface area contributed by atoms with E-state index in [4.69, 9.17) is 14.2 Å². The number of nitrogens with one attached hydrogen (secondary N) is 1. The molecular formula is C11H21NO3. The van der Waals surface area contributed by atoms with Gasteiger partial charge in [0.1, 0.15) is 18.3 Å². The minimum absolute atomic E-state index is 0.0947. The van der Waals surface area contributed by atoms with E-state index in [9.17, 15) is 0 Å². The molecule has 0 amide bonds. The fourth-order valence-corrected chi connectivity index (χ4v) is 2.35. The Balaban J connectivity index is 1.96. The molecular weight excluding hydrogens is 194 g/mol. The number of hydrogen-bond donors (Lipinski definition) is 1. The Morgan fingerprint density at radius 3 is 2.40 bits per heavy atom. The van der Waals surface area contributed by atoms with Crippen LogP contribution in [0.4, 0.5) is 0 Å². The van der Waals surface area contributed by atoms with Crippen molar-refractivity contribution in [2.45, 2.75) is 50.7 Å². The zero-order chi connectivity index (χ0) is 11.1. The van der Waals surface area contributed by atoms with Crippen molar-refractivity contribution in [2.75, 3.05) is 20.3 Å². The summed E-state index contributed by atoms with van der Waals surface area (Å²) < 4.78 is 16.8. The summed E-state index contributed by atoms with van der Waals surface area (Å²) in [7, 11) is 1.71. The molecule has 2 heterocycles. The second kappa shape index (κ2) is 4.01. The molecule has 0 radical (unpaired) electrons. The van der Waals surface area contributed by atoms with Crippen LogP contribution in [0.5, 0.6) is 0 Å². The van der Waals surface area contributed by atoms with Gasteiger partial charge in [0.2, 0.25) is 0 Å². The van der Waals surface area contributed by atoms with Gasteiger partial charge in [-0.25, -0.2) is 0 Å². The second-order valence-corrected chi connectivity index (χ2v) is 5.37. The van der Waals surface area contributed by atoms with Crippen LogP contribution in [0.3, 0.4) is 0 Å². The summed E-state index contributed by atoms with van der Waals surface area (Å²) in [6, 6.07) is 0.287. The number of ether oxygens (including phenoxy) is 3. The first-order chi connectivity index (χ1) is 7.01. The zero-order valence-corrected chi connectivity index (χ0v) is 9.95. The van der Waals surface area contributed by atoms with Gasteiger partial charge in [-0.2, -0.15) is 0 Å². The molecule has 1 N–H and O–H groups in total. The van der Waals surface area contributed by atoms with Crippen LogP contribution in [0.25, 0.3) is 0 Å². The summed E-state index contributed by atoms with van der Waals surface area (Å²) in [5.41, 5.74) is 0.0947. The number of rotatable bonds is 2. The van der Waals surface area contributed by atoms with Gasteiger partial charge in [0.15, 0.2) is 0 Å². The predicted molar refractivity (Wildman–Crippen MR) is 57.0 cm³/mol. The van der Waals surface area contributed by atoms with Gasteiger partial charge in [-0.05, 0) is 20.8 Å². The van der Waals surface area contributed by atoms with Crippen molar-refractivity contribution in [1.82, 2.24) is 5.32 Å². The molecule has 0 saturated carbocycles. The summed E-state index contributed by atoms with van der Waals surface area (Å²) in [5.74, 6) is 0. The molecule has 2 rings (SSSR count). The van der Waals surface area contributed by atoms with Crippen LogP contribution in [0, 0.1) is 0 Å². The van der Waals surface area contributed by atoms with Crippen molar-refractivity contribution in [2.24, 2.45) is 0 Å². The van der Waals surface area contributed by atoms with Crippen LogP contribution in [-0.4, -0.2) is 50.2 Å². The van der Waals surface area contributed by atoms with E-state index in [2.05, 4.69) is 26.1 Å². The van der Waals surface area contributed by atoms with E-state index in [0.29, 0.717) is 13.2 Å². The standard InChI is InChI=1S/C11H21NO3/c1-11(2,3)12-7-5-14-10-8(13-4)6-15-9(7)10/h7-10,12H,5-6H2,1-4H3/t7-,8-,9-,10-/m1/s1. The zero-order valence-electron chi connectivity index (χ0n) is 9.95. The SMILES string of the molecule is CO[C@@H]1CO[C@H]2[C@@H]1OC[C@H]2NC(C)(C)C. The molecule has 4 atom stereocenters. The Morgan fingerprint density at radius 2 is 1.80 bits per heavy atom. The topological polar surface area (TPSA) is 39.7 Å². The van der Waals surface area contributed by atoms with Gasteiger partial charge < -0.3 is 19.5 Å². The first-order valence-electron chi connectivity index (χ1n) is 5.55. The first kappa shape index (κ1) is 11.3. The summed E-state index contributed by atoms with van der Waals surface area (Å²) in [4.78, 5) is 0. The summed E-state index contributed by atoms with van der Waals surface area (Å²) in [5, 5.41) is 3.53. The lowest BCUT2D eigenvalue weighted by molar-refractivity contribution is -0.00855. The minimum atomic E-state index is 0.0947. The van der Waals surface area contributed by atoms with Crippen molar-refractivity contribution >= 4 is 0 Å². The Kier molecular flexibility index (Phi) is 3.03. The molecule has 2 saturated heterocycles. The Hall–Kier alpha value is -0.160. The summed E-state index contributed by atoms with van der Waals surface area (Å²) in [6.07, 6.45) is 0.353. The van der Waals surface area contributed by atoms with Gasteiger partial charge in [0.25, 0.3) is 0 Å². The second-order valence-electron chi connectivity index (χ2n) is 5.37. The molecule has 0 unspecified atom stereocenters. The van der Waals surface area contributed by atoms with Gasteiger partial charge in [-0.15, -0.1) is 0 Å². The lowest BCUT2D eigenvalue weighted by Gasteiger charge is -2.27. The fourth-order valence-electron chi connectivity index (χ4n) is 2.35. The molecule has 15 heavy (non-hydrogen) atoms. The van der Waals surface area contributed by atoms with E-state index >= 15 is 0 Å². The quantitative estimate of drug-likeness (QED) is 0.730. The lowest BCUT2D eigenvalue weighted by Crippen LogP contribution is -2.50. The highest BCUT2D eigenvalue weighted by Gasteiger charge is 2.48. The van der Waals surface area contributed by atoms with E-state index in [1.54, 1.807) is 7.11 Å². The first-order valence-corrected chi connectivity index (χ1v) is 5.55. The van der Waals surface area contributed by atoms with Crippen LogP contribution in [0.2, 0.25) is 0 Å². The Labute approximate surface area is 91.3 Å². The third-order valence-corrected chi connectivity index (χ3v) is 2.93. The molecule has 88 valence electrons. The molecule has 2 fully saturated rings. The monoisotopic (exact) mass is 215 g/mol. The van der Waals surface area contributed by atoms with Crippen molar-refractivity contribution < 1.29 is 14.2 Å². The van der Waals surface area contributed by atoms with Gasteiger partial charge in [-0.1, -0.05) is 0 Å². The molecule has 0 aromatic carbocycles. The molecule has 2 aliphatic heterocycles. The third kappa shape index (κ3) is 2.33. The minimum Gasteiger partial charge on any atom is -0.376 e. The van der Waals surface area contributed by atoms with E-state index < -0.39 is 0 Å². The van der Waals surface area contributed by atoms with Crippen molar-refractivity contribution in [3.05, 3.63) is 0 Å². The molecule has 0 aliphatic carbocycles. The van der Waals surface area contributed by atoms with E-state index in [-0.39, 0.29) is 29.9 Å².